The van der Waals surface area contributed by atoms with Crippen molar-refractivity contribution in [3.05, 3.63) is 71.6 Å². The molecule has 0 bridgehead atoms. The summed E-state index contributed by atoms with van der Waals surface area (Å²) >= 11 is 0. The van der Waals surface area contributed by atoms with Gasteiger partial charge in [0.15, 0.2) is 11.4 Å². The average Bonchev–Trinajstić information content (AvgIpc) is 3.02. The molecule has 1 amide bonds. The highest BCUT2D eigenvalue weighted by molar-refractivity contribution is 6.03. The molecule has 3 rings (SSSR count). The molecule has 0 atom stereocenters. The van der Waals surface area contributed by atoms with Crippen molar-refractivity contribution < 1.29 is 26.7 Å². The second-order valence-electron chi connectivity index (χ2n) is 5.14. The zero-order chi connectivity index (χ0) is 18.9. The molecule has 5 nitrogen and oxygen atoms in total. The minimum atomic E-state index is -4.98. The molecule has 0 aliphatic heterocycles. The number of carbonyl (C=O) groups excluding carboxylic acids is 1. The van der Waals surface area contributed by atoms with Crippen LogP contribution in [0.2, 0.25) is 0 Å². The first kappa shape index (κ1) is 17.5. The zero-order valence-corrected chi connectivity index (χ0v) is 12.8. The molecule has 134 valence electrons. The summed E-state index contributed by atoms with van der Waals surface area (Å²) in [5.41, 5.74) is -2.62. The SMILES string of the molecule is O=C(Nc1ccc(F)cc1)c1nnn(-c2cccc(F)c2)c1C(F)(F)F. The van der Waals surface area contributed by atoms with Crippen LogP contribution >= 0.6 is 0 Å². The van der Waals surface area contributed by atoms with Crippen molar-refractivity contribution in [1.29, 1.82) is 0 Å². The minimum Gasteiger partial charge on any atom is -0.321 e. The standard InChI is InChI=1S/C16H9F5N4O/c17-9-4-6-11(7-5-9)22-15(26)13-14(16(19,20)21)25(24-23-13)12-3-1-2-10(18)8-12/h1-8H,(H,22,26). The average molecular weight is 368 g/mol. The molecule has 0 aliphatic carbocycles. The van der Waals surface area contributed by atoms with Crippen LogP contribution in [0.3, 0.4) is 0 Å². The number of carbonyl (C=O) groups is 1. The van der Waals surface area contributed by atoms with Crippen LogP contribution in [0.4, 0.5) is 27.6 Å². The van der Waals surface area contributed by atoms with Gasteiger partial charge < -0.3 is 5.32 Å². The molecule has 0 radical (unpaired) electrons. The van der Waals surface area contributed by atoms with Crippen molar-refractivity contribution >= 4 is 11.6 Å². The fourth-order valence-corrected chi connectivity index (χ4v) is 2.20. The summed E-state index contributed by atoms with van der Waals surface area (Å²) in [6.07, 6.45) is -4.98. The predicted molar refractivity (Wildman–Crippen MR) is 80.7 cm³/mol. The molecule has 1 aromatic heterocycles. The van der Waals surface area contributed by atoms with Gasteiger partial charge in [0.25, 0.3) is 5.91 Å². The third kappa shape index (κ3) is 3.53. The van der Waals surface area contributed by atoms with E-state index in [0.717, 1.165) is 24.3 Å². The molecule has 0 fully saturated rings. The number of rotatable bonds is 3. The number of nitrogens with zero attached hydrogens (tertiary/aromatic N) is 3. The van der Waals surface area contributed by atoms with E-state index in [1.807, 2.05) is 0 Å². The summed E-state index contributed by atoms with van der Waals surface area (Å²) in [6.45, 7) is 0. The quantitative estimate of drug-likeness (QED) is 0.715. The Morgan fingerprint density at radius 3 is 2.31 bits per heavy atom. The van der Waals surface area contributed by atoms with Crippen molar-refractivity contribution in [3.8, 4) is 5.69 Å². The zero-order valence-electron chi connectivity index (χ0n) is 12.8. The Kier molecular flexibility index (Phi) is 4.41. The van der Waals surface area contributed by atoms with Crippen LogP contribution in [-0.4, -0.2) is 20.9 Å². The Labute approximate surface area is 143 Å². The van der Waals surface area contributed by atoms with E-state index in [2.05, 4.69) is 15.6 Å². The topological polar surface area (TPSA) is 59.8 Å². The number of hydrogen-bond acceptors (Lipinski definition) is 3. The number of aromatic nitrogens is 3. The molecule has 10 heteroatoms. The fraction of sp³-hybridized carbons (Fsp3) is 0.0625. The predicted octanol–water partition coefficient (Wildman–Crippen LogP) is 3.82. The van der Waals surface area contributed by atoms with Crippen LogP contribution in [0.25, 0.3) is 5.69 Å². The normalized spacial score (nSPS) is 11.4. The maximum Gasteiger partial charge on any atom is 0.435 e. The Bertz CT molecular complexity index is 950. The molecule has 1 N–H and O–H groups in total. The van der Waals surface area contributed by atoms with Gasteiger partial charge in [-0.15, -0.1) is 5.10 Å². The number of hydrogen-bond donors (Lipinski definition) is 1. The van der Waals surface area contributed by atoms with Crippen LogP contribution in [0.15, 0.2) is 48.5 Å². The molecule has 0 unspecified atom stereocenters. The van der Waals surface area contributed by atoms with Gasteiger partial charge in [0.2, 0.25) is 0 Å². The van der Waals surface area contributed by atoms with Crippen LogP contribution in [0.5, 0.6) is 0 Å². The van der Waals surface area contributed by atoms with Gasteiger partial charge in [-0.25, -0.2) is 13.5 Å². The van der Waals surface area contributed by atoms with Gasteiger partial charge >= 0.3 is 6.18 Å². The molecule has 3 aromatic rings. The van der Waals surface area contributed by atoms with Gasteiger partial charge in [-0.1, -0.05) is 11.3 Å². The molecule has 0 spiro atoms. The highest BCUT2D eigenvalue weighted by Crippen LogP contribution is 2.33. The molecule has 2 aromatic carbocycles. The fourth-order valence-electron chi connectivity index (χ4n) is 2.20. The lowest BCUT2D eigenvalue weighted by atomic mass is 10.2. The molecule has 0 saturated carbocycles. The largest absolute Gasteiger partial charge is 0.435 e. The van der Waals surface area contributed by atoms with Crippen LogP contribution in [0.1, 0.15) is 16.2 Å². The second-order valence-corrected chi connectivity index (χ2v) is 5.14. The number of halogens is 5. The molecular weight excluding hydrogens is 359 g/mol. The first-order valence-corrected chi connectivity index (χ1v) is 7.11. The van der Waals surface area contributed by atoms with Gasteiger partial charge in [-0.05, 0) is 42.5 Å². The Morgan fingerprint density at radius 1 is 1.00 bits per heavy atom. The summed E-state index contributed by atoms with van der Waals surface area (Å²) in [6, 6.07) is 8.68. The first-order valence-electron chi connectivity index (χ1n) is 7.11. The van der Waals surface area contributed by atoms with Crippen molar-refractivity contribution in [3.63, 3.8) is 0 Å². The molecule has 0 aliphatic rings. The Morgan fingerprint density at radius 2 is 1.69 bits per heavy atom. The van der Waals surface area contributed by atoms with E-state index in [1.165, 1.54) is 24.3 Å². The Balaban J connectivity index is 2.02. The van der Waals surface area contributed by atoms with E-state index in [-0.39, 0.29) is 11.4 Å². The number of anilines is 1. The van der Waals surface area contributed by atoms with Crippen molar-refractivity contribution in [1.82, 2.24) is 15.0 Å². The third-order valence-electron chi connectivity index (χ3n) is 3.31. The van der Waals surface area contributed by atoms with E-state index < -0.39 is 35.1 Å². The van der Waals surface area contributed by atoms with E-state index in [9.17, 15) is 26.7 Å². The van der Waals surface area contributed by atoms with Crippen LogP contribution in [-0.2, 0) is 6.18 Å². The lowest BCUT2D eigenvalue weighted by Gasteiger charge is -2.11. The number of nitrogens with one attached hydrogen (secondary N) is 1. The van der Waals surface area contributed by atoms with Gasteiger partial charge in [-0.3, -0.25) is 4.79 Å². The van der Waals surface area contributed by atoms with E-state index in [0.29, 0.717) is 4.68 Å². The van der Waals surface area contributed by atoms with Gasteiger partial charge in [0.05, 0.1) is 5.69 Å². The van der Waals surface area contributed by atoms with Crippen LogP contribution in [0, 0.1) is 11.6 Å². The number of benzene rings is 2. The molecule has 1 heterocycles. The monoisotopic (exact) mass is 368 g/mol. The first-order chi connectivity index (χ1) is 12.3. The van der Waals surface area contributed by atoms with E-state index in [1.54, 1.807) is 0 Å². The minimum absolute atomic E-state index is 0.0739. The summed E-state index contributed by atoms with van der Waals surface area (Å²) in [7, 11) is 0. The number of alkyl halides is 3. The van der Waals surface area contributed by atoms with Crippen molar-refractivity contribution in [2.75, 3.05) is 5.32 Å². The highest BCUT2D eigenvalue weighted by atomic mass is 19.4. The maximum atomic E-state index is 13.5. The van der Waals surface area contributed by atoms with Crippen molar-refractivity contribution in [2.45, 2.75) is 6.18 Å². The Hall–Kier alpha value is -3.30. The lowest BCUT2D eigenvalue weighted by Crippen LogP contribution is -2.21. The lowest BCUT2D eigenvalue weighted by molar-refractivity contribution is -0.143. The molecule has 0 saturated heterocycles. The summed E-state index contributed by atoms with van der Waals surface area (Å²) in [5, 5.41) is 8.80. The number of amides is 1. The van der Waals surface area contributed by atoms with Gasteiger partial charge in [0.1, 0.15) is 11.6 Å². The van der Waals surface area contributed by atoms with Gasteiger partial charge in [-0.2, -0.15) is 13.2 Å². The van der Waals surface area contributed by atoms with Crippen LogP contribution < -0.4 is 5.32 Å². The smallest absolute Gasteiger partial charge is 0.321 e. The van der Waals surface area contributed by atoms with E-state index in [4.69, 9.17) is 0 Å². The molecule has 26 heavy (non-hydrogen) atoms. The van der Waals surface area contributed by atoms with Crippen molar-refractivity contribution in [2.24, 2.45) is 0 Å². The molecular formula is C16H9F5N4O. The van der Waals surface area contributed by atoms with Gasteiger partial charge in [0, 0.05) is 5.69 Å². The second kappa shape index (κ2) is 6.54. The summed E-state index contributed by atoms with van der Waals surface area (Å²) in [5.74, 6) is -2.54. The third-order valence-corrected chi connectivity index (χ3v) is 3.31. The summed E-state index contributed by atoms with van der Waals surface area (Å²) in [4.78, 5) is 12.2. The van der Waals surface area contributed by atoms with E-state index >= 15 is 0 Å². The highest BCUT2D eigenvalue weighted by Gasteiger charge is 2.42. The maximum absolute atomic E-state index is 13.5. The summed E-state index contributed by atoms with van der Waals surface area (Å²) < 4.78 is 66.9.